The van der Waals surface area contributed by atoms with E-state index in [4.69, 9.17) is 0 Å². The van der Waals surface area contributed by atoms with Gasteiger partial charge in [0.1, 0.15) is 5.75 Å². The van der Waals surface area contributed by atoms with Crippen molar-refractivity contribution in [3.63, 3.8) is 0 Å². The molecule has 0 radical (unpaired) electrons. The number of para-hydroxylation sites is 1. The number of nitrogens with zero attached hydrogens (tertiary/aromatic N) is 2. The van der Waals surface area contributed by atoms with Crippen molar-refractivity contribution < 1.29 is 18.3 Å². The second kappa shape index (κ2) is 6.37. The molecule has 2 aliphatic rings. The number of fused-ring (bicyclic) bond motifs is 1. The van der Waals surface area contributed by atoms with Gasteiger partial charge in [-0.25, -0.2) is 8.42 Å². The fraction of sp³-hybridized carbons (Fsp3) is 0.588. The average molecular weight is 352 g/mol. The molecule has 24 heavy (non-hydrogen) atoms. The molecule has 2 aliphatic heterocycles. The molecule has 0 spiro atoms. The lowest BCUT2D eigenvalue weighted by Crippen LogP contribution is -2.61. The van der Waals surface area contributed by atoms with E-state index in [2.05, 4.69) is 18.7 Å². The number of carbonyl (C=O) groups is 1. The normalized spacial score (nSPS) is 26.5. The Labute approximate surface area is 143 Å². The van der Waals surface area contributed by atoms with E-state index in [1.165, 1.54) is 6.07 Å². The van der Waals surface area contributed by atoms with Crippen LogP contribution in [-0.2, 0) is 9.84 Å². The Balaban J connectivity index is 1.88. The second-order valence-electron chi connectivity index (χ2n) is 7.12. The Kier molecular flexibility index (Phi) is 4.57. The number of piperazine rings is 1. The van der Waals surface area contributed by atoms with Gasteiger partial charge in [-0.15, -0.1) is 0 Å². The van der Waals surface area contributed by atoms with Crippen LogP contribution in [0, 0.1) is 5.92 Å². The first kappa shape index (κ1) is 17.2. The molecule has 2 saturated heterocycles. The molecule has 0 saturated carbocycles. The molecule has 7 heteroatoms. The zero-order valence-electron chi connectivity index (χ0n) is 14.1. The van der Waals surface area contributed by atoms with Crippen molar-refractivity contribution in [1.82, 2.24) is 9.80 Å². The third-order valence-corrected chi connectivity index (χ3v) is 6.48. The zero-order valence-corrected chi connectivity index (χ0v) is 14.9. The van der Waals surface area contributed by atoms with Gasteiger partial charge in [-0.2, -0.15) is 0 Å². The molecule has 132 valence electrons. The van der Waals surface area contributed by atoms with E-state index < -0.39 is 9.84 Å². The maximum atomic E-state index is 12.9. The maximum absolute atomic E-state index is 12.9. The van der Waals surface area contributed by atoms with E-state index in [1.807, 2.05) is 0 Å². The van der Waals surface area contributed by atoms with Crippen molar-refractivity contribution in [2.75, 3.05) is 31.1 Å². The Bertz CT molecular complexity index is 732. The lowest BCUT2D eigenvalue weighted by molar-refractivity contribution is 0.0295. The quantitative estimate of drug-likeness (QED) is 0.877. The van der Waals surface area contributed by atoms with Crippen LogP contribution >= 0.6 is 0 Å². The molecule has 0 bridgehead atoms. The molecular formula is C17H24N2O4S. The van der Waals surface area contributed by atoms with Crippen molar-refractivity contribution in [1.29, 1.82) is 0 Å². The van der Waals surface area contributed by atoms with Crippen LogP contribution in [0.3, 0.4) is 0 Å². The zero-order chi connectivity index (χ0) is 17.5. The Morgan fingerprint density at radius 3 is 2.54 bits per heavy atom. The summed E-state index contributed by atoms with van der Waals surface area (Å²) >= 11 is 0. The summed E-state index contributed by atoms with van der Waals surface area (Å²) in [5.74, 6) is 0.198. The van der Waals surface area contributed by atoms with Gasteiger partial charge in [0, 0.05) is 25.7 Å². The van der Waals surface area contributed by atoms with Crippen molar-refractivity contribution in [3.8, 4) is 5.75 Å². The van der Waals surface area contributed by atoms with Crippen molar-refractivity contribution in [2.24, 2.45) is 5.92 Å². The average Bonchev–Trinajstić information content (AvgIpc) is 2.82. The highest BCUT2D eigenvalue weighted by Crippen LogP contribution is 2.30. The molecule has 2 heterocycles. The number of hydrogen-bond acceptors (Lipinski definition) is 5. The highest BCUT2D eigenvalue weighted by Gasteiger charge is 2.48. The SMILES string of the molecule is CC(C)CN1CCN(C(=O)c2ccccc2O)[C@@H]2CS(=O)(=O)C[C@@H]21. The number of benzene rings is 1. The summed E-state index contributed by atoms with van der Waals surface area (Å²) in [6.45, 7) is 6.19. The number of sulfone groups is 1. The Morgan fingerprint density at radius 1 is 1.21 bits per heavy atom. The number of hydrogen-bond donors (Lipinski definition) is 1. The van der Waals surface area contributed by atoms with Gasteiger partial charge in [0.15, 0.2) is 9.84 Å². The van der Waals surface area contributed by atoms with Gasteiger partial charge >= 0.3 is 0 Å². The van der Waals surface area contributed by atoms with Crippen LogP contribution in [0.4, 0.5) is 0 Å². The van der Waals surface area contributed by atoms with Gasteiger partial charge in [0.25, 0.3) is 5.91 Å². The predicted molar refractivity (Wildman–Crippen MR) is 91.8 cm³/mol. The van der Waals surface area contributed by atoms with Gasteiger partial charge < -0.3 is 10.0 Å². The minimum Gasteiger partial charge on any atom is -0.507 e. The summed E-state index contributed by atoms with van der Waals surface area (Å²) in [5, 5.41) is 9.95. The predicted octanol–water partition coefficient (Wildman–Crippen LogP) is 0.972. The minimum absolute atomic E-state index is 0.00555. The minimum atomic E-state index is -3.15. The molecule has 1 aromatic rings. The van der Waals surface area contributed by atoms with Gasteiger partial charge in [-0.1, -0.05) is 26.0 Å². The Morgan fingerprint density at radius 2 is 1.88 bits per heavy atom. The second-order valence-corrected chi connectivity index (χ2v) is 9.27. The summed E-state index contributed by atoms with van der Waals surface area (Å²) in [6.07, 6.45) is 0. The summed E-state index contributed by atoms with van der Waals surface area (Å²) < 4.78 is 24.4. The molecule has 1 amide bonds. The van der Waals surface area contributed by atoms with Crippen LogP contribution in [0.25, 0.3) is 0 Å². The van der Waals surface area contributed by atoms with Crippen LogP contribution in [-0.4, -0.2) is 72.5 Å². The van der Waals surface area contributed by atoms with Gasteiger partial charge in [0.2, 0.25) is 0 Å². The molecule has 3 rings (SSSR count). The third-order valence-electron chi connectivity index (χ3n) is 4.79. The van der Waals surface area contributed by atoms with E-state index in [-0.39, 0.29) is 40.8 Å². The van der Waals surface area contributed by atoms with Crippen LogP contribution < -0.4 is 0 Å². The largest absolute Gasteiger partial charge is 0.507 e. The number of phenolic OH excluding ortho intramolecular Hbond substituents is 1. The molecule has 0 aromatic heterocycles. The van der Waals surface area contributed by atoms with Crippen LogP contribution in [0.1, 0.15) is 24.2 Å². The number of aromatic hydroxyl groups is 1. The number of phenols is 1. The van der Waals surface area contributed by atoms with E-state index in [1.54, 1.807) is 23.1 Å². The highest BCUT2D eigenvalue weighted by atomic mass is 32.2. The molecule has 2 atom stereocenters. The van der Waals surface area contributed by atoms with Crippen LogP contribution in [0.5, 0.6) is 5.75 Å². The maximum Gasteiger partial charge on any atom is 0.257 e. The van der Waals surface area contributed by atoms with Crippen LogP contribution in [0.2, 0.25) is 0 Å². The lowest BCUT2D eigenvalue weighted by Gasteiger charge is -2.44. The summed E-state index contributed by atoms with van der Waals surface area (Å²) in [4.78, 5) is 16.7. The van der Waals surface area contributed by atoms with E-state index in [0.717, 1.165) is 6.54 Å². The van der Waals surface area contributed by atoms with Gasteiger partial charge in [-0.05, 0) is 18.1 Å². The smallest absolute Gasteiger partial charge is 0.257 e. The number of carbonyl (C=O) groups excluding carboxylic acids is 1. The molecule has 1 aromatic carbocycles. The summed E-state index contributed by atoms with van der Waals surface area (Å²) in [5.41, 5.74) is 0.234. The van der Waals surface area contributed by atoms with E-state index >= 15 is 0 Å². The fourth-order valence-corrected chi connectivity index (χ4v) is 5.79. The Hall–Kier alpha value is -1.60. The first-order valence-corrected chi connectivity index (χ1v) is 10.1. The standard InChI is InChI=1S/C17H24N2O4S/c1-12(2)9-18-7-8-19(15-11-24(22,23)10-14(15)18)17(21)13-5-3-4-6-16(13)20/h3-6,12,14-15,20H,7-11H2,1-2H3/t14-,15+/m0/s1. The molecular weight excluding hydrogens is 328 g/mol. The van der Waals surface area contributed by atoms with Gasteiger partial charge in [-0.3, -0.25) is 9.69 Å². The van der Waals surface area contributed by atoms with E-state index in [0.29, 0.717) is 19.0 Å². The van der Waals surface area contributed by atoms with Gasteiger partial charge in [0.05, 0.1) is 23.1 Å². The molecule has 1 N–H and O–H groups in total. The third kappa shape index (κ3) is 3.28. The van der Waals surface area contributed by atoms with Crippen molar-refractivity contribution >= 4 is 15.7 Å². The molecule has 2 fully saturated rings. The molecule has 0 unspecified atom stereocenters. The first-order valence-electron chi connectivity index (χ1n) is 8.32. The van der Waals surface area contributed by atoms with Crippen LogP contribution in [0.15, 0.2) is 24.3 Å². The monoisotopic (exact) mass is 352 g/mol. The summed E-state index contributed by atoms with van der Waals surface area (Å²) in [7, 11) is -3.15. The van der Waals surface area contributed by atoms with E-state index in [9.17, 15) is 18.3 Å². The fourth-order valence-electron chi connectivity index (χ4n) is 3.78. The highest BCUT2D eigenvalue weighted by molar-refractivity contribution is 7.91. The lowest BCUT2D eigenvalue weighted by atomic mass is 10.0. The summed E-state index contributed by atoms with van der Waals surface area (Å²) in [6, 6.07) is 5.93. The molecule has 0 aliphatic carbocycles. The topological polar surface area (TPSA) is 77.9 Å². The molecule has 6 nitrogen and oxygen atoms in total. The van der Waals surface area contributed by atoms with Crippen molar-refractivity contribution in [2.45, 2.75) is 25.9 Å². The first-order chi connectivity index (χ1) is 11.3. The van der Waals surface area contributed by atoms with Crippen molar-refractivity contribution in [3.05, 3.63) is 29.8 Å². The number of rotatable bonds is 3. The number of amides is 1.